The van der Waals surface area contributed by atoms with E-state index in [2.05, 4.69) is 0 Å². The van der Waals surface area contributed by atoms with Gasteiger partial charge < -0.3 is 5.11 Å². The Morgan fingerprint density at radius 1 is 1.00 bits per heavy atom. The average Bonchev–Trinajstić information content (AvgIpc) is 2.33. The van der Waals surface area contributed by atoms with E-state index in [1.54, 1.807) is 0 Å². The van der Waals surface area contributed by atoms with Gasteiger partial charge in [0.2, 0.25) is 0 Å². The van der Waals surface area contributed by atoms with Crippen molar-refractivity contribution in [3.63, 3.8) is 0 Å². The highest BCUT2D eigenvalue weighted by molar-refractivity contribution is 6.35. The number of rotatable bonds is 3. The molecule has 0 radical (unpaired) electrons. The molecule has 0 saturated heterocycles. The van der Waals surface area contributed by atoms with E-state index in [9.17, 15) is 5.11 Å². The van der Waals surface area contributed by atoms with Crippen molar-refractivity contribution >= 4 is 23.2 Å². The van der Waals surface area contributed by atoms with Gasteiger partial charge >= 0.3 is 0 Å². The molecule has 0 aliphatic heterocycles. The lowest BCUT2D eigenvalue weighted by Gasteiger charge is -2.25. The van der Waals surface area contributed by atoms with Gasteiger partial charge in [-0.1, -0.05) is 61.4 Å². The molecule has 1 aromatic carbocycles. The molecule has 1 aliphatic rings. The van der Waals surface area contributed by atoms with Crippen LogP contribution in [0.25, 0.3) is 0 Å². The van der Waals surface area contributed by atoms with Crippen LogP contribution in [0.15, 0.2) is 18.2 Å². The van der Waals surface area contributed by atoms with Crippen LogP contribution in [0.5, 0.6) is 0 Å². The molecule has 0 spiro atoms. The lowest BCUT2D eigenvalue weighted by molar-refractivity contribution is 0.0913. The molecule has 1 aliphatic carbocycles. The normalized spacial score (nSPS) is 19.7. The summed E-state index contributed by atoms with van der Waals surface area (Å²) in [6.45, 7) is 0. The second-order valence-electron chi connectivity index (χ2n) is 5.58. The summed E-state index contributed by atoms with van der Waals surface area (Å²) in [5, 5.41) is 11.8. The molecule has 1 fully saturated rings. The van der Waals surface area contributed by atoms with Gasteiger partial charge in [-0.15, -0.1) is 0 Å². The van der Waals surface area contributed by atoms with Crippen molar-refractivity contribution in [3.8, 4) is 0 Å². The Morgan fingerprint density at radius 2 is 1.53 bits per heavy atom. The zero-order valence-electron chi connectivity index (χ0n) is 11.2. The Bertz CT molecular complexity index is 377. The molecular formula is C16H22Cl2O. The second kappa shape index (κ2) is 7.52. The van der Waals surface area contributed by atoms with E-state index in [4.69, 9.17) is 23.2 Å². The van der Waals surface area contributed by atoms with Crippen LogP contribution in [0.4, 0.5) is 0 Å². The quantitative estimate of drug-likeness (QED) is 0.807. The highest BCUT2D eigenvalue weighted by Crippen LogP contribution is 2.30. The van der Waals surface area contributed by atoms with E-state index in [0.717, 1.165) is 18.4 Å². The summed E-state index contributed by atoms with van der Waals surface area (Å²) in [6.07, 6.45) is 8.92. The molecule has 19 heavy (non-hydrogen) atoms. The van der Waals surface area contributed by atoms with Crippen molar-refractivity contribution in [2.24, 2.45) is 5.92 Å². The first kappa shape index (κ1) is 15.2. The van der Waals surface area contributed by atoms with Crippen molar-refractivity contribution in [1.29, 1.82) is 0 Å². The van der Waals surface area contributed by atoms with E-state index in [1.165, 1.54) is 32.1 Å². The molecule has 0 amide bonds. The minimum absolute atomic E-state index is 0.324. The summed E-state index contributed by atoms with van der Waals surface area (Å²) in [7, 11) is 0. The van der Waals surface area contributed by atoms with E-state index < -0.39 is 0 Å². The Kier molecular flexibility index (Phi) is 6.00. The Morgan fingerprint density at radius 3 is 2.11 bits per heavy atom. The van der Waals surface area contributed by atoms with Crippen LogP contribution < -0.4 is 0 Å². The maximum absolute atomic E-state index is 10.5. The van der Waals surface area contributed by atoms with Crippen LogP contribution in [0.1, 0.15) is 50.5 Å². The largest absolute Gasteiger partial charge is 0.392 e. The molecule has 0 aromatic heterocycles. The van der Waals surface area contributed by atoms with Gasteiger partial charge in [-0.2, -0.15) is 0 Å². The molecule has 1 unspecified atom stereocenters. The highest BCUT2D eigenvalue weighted by Gasteiger charge is 2.22. The predicted molar refractivity (Wildman–Crippen MR) is 82.0 cm³/mol. The van der Waals surface area contributed by atoms with E-state index in [0.29, 0.717) is 22.4 Å². The van der Waals surface area contributed by atoms with Gasteiger partial charge in [-0.25, -0.2) is 0 Å². The van der Waals surface area contributed by atoms with Gasteiger partial charge in [0.05, 0.1) is 6.10 Å². The summed E-state index contributed by atoms with van der Waals surface area (Å²) >= 11 is 12.4. The fraction of sp³-hybridized carbons (Fsp3) is 0.625. The second-order valence-corrected chi connectivity index (χ2v) is 6.39. The number of aliphatic hydroxyl groups excluding tert-OH is 1. The van der Waals surface area contributed by atoms with Crippen LogP contribution in [-0.4, -0.2) is 11.2 Å². The lowest BCUT2D eigenvalue weighted by Crippen LogP contribution is -2.24. The number of hydrogen-bond acceptors (Lipinski definition) is 1. The lowest BCUT2D eigenvalue weighted by atomic mass is 9.85. The number of benzene rings is 1. The maximum atomic E-state index is 10.5. The molecule has 0 bridgehead atoms. The zero-order chi connectivity index (χ0) is 13.7. The third-order valence-electron chi connectivity index (χ3n) is 4.17. The van der Waals surface area contributed by atoms with Crippen LogP contribution in [0.3, 0.4) is 0 Å². The van der Waals surface area contributed by atoms with Gasteiger partial charge in [0, 0.05) is 16.5 Å². The zero-order valence-corrected chi connectivity index (χ0v) is 12.8. The maximum Gasteiger partial charge on any atom is 0.0609 e. The predicted octanol–water partition coefficient (Wildman–Crippen LogP) is 5.26. The standard InChI is InChI=1S/C16H22Cl2O/c17-14-9-6-10-15(18)13(14)11-16(19)12-7-4-2-1-3-5-8-12/h6,9-10,12,16,19H,1-5,7-8,11H2. The van der Waals surface area contributed by atoms with E-state index >= 15 is 0 Å². The fourth-order valence-electron chi connectivity index (χ4n) is 2.98. The summed E-state index contributed by atoms with van der Waals surface area (Å²) in [5.74, 6) is 0.396. The molecule has 1 saturated carbocycles. The molecule has 106 valence electrons. The van der Waals surface area contributed by atoms with Gasteiger partial charge in [0.25, 0.3) is 0 Å². The Balaban J connectivity index is 2.00. The van der Waals surface area contributed by atoms with E-state index in [1.807, 2.05) is 18.2 Å². The van der Waals surface area contributed by atoms with Crippen LogP contribution >= 0.6 is 23.2 Å². The molecule has 1 N–H and O–H groups in total. The first-order chi connectivity index (χ1) is 9.18. The summed E-state index contributed by atoms with van der Waals surface area (Å²) in [4.78, 5) is 0. The molecule has 0 heterocycles. The van der Waals surface area contributed by atoms with E-state index in [-0.39, 0.29) is 6.10 Å². The third kappa shape index (κ3) is 4.37. The monoisotopic (exact) mass is 300 g/mol. The number of halogens is 2. The Labute approximate surface area is 125 Å². The summed E-state index contributed by atoms with van der Waals surface area (Å²) < 4.78 is 0. The molecule has 1 atom stereocenters. The third-order valence-corrected chi connectivity index (χ3v) is 4.88. The van der Waals surface area contributed by atoms with Crippen molar-refractivity contribution in [1.82, 2.24) is 0 Å². The van der Waals surface area contributed by atoms with Gasteiger partial charge in [-0.3, -0.25) is 0 Å². The average molecular weight is 301 g/mol. The molecule has 1 aromatic rings. The molecule has 3 heteroatoms. The van der Waals surface area contributed by atoms with Gasteiger partial charge in [0.15, 0.2) is 0 Å². The number of hydrogen-bond donors (Lipinski definition) is 1. The van der Waals surface area contributed by atoms with Crippen molar-refractivity contribution in [2.45, 2.75) is 57.5 Å². The molecule has 2 rings (SSSR count). The van der Waals surface area contributed by atoms with Crippen molar-refractivity contribution in [3.05, 3.63) is 33.8 Å². The minimum Gasteiger partial charge on any atom is -0.392 e. The summed E-state index contributed by atoms with van der Waals surface area (Å²) in [5.41, 5.74) is 0.889. The molecular weight excluding hydrogens is 279 g/mol. The van der Waals surface area contributed by atoms with Crippen molar-refractivity contribution < 1.29 is 5.11 Å². The van der Waals surface area contributed by atoms with Gasteiger partial charge in [-0.05, 0) is 36.5 Å². The fourth-order valence-corrected chi connectivity index (χ4v) is 3.53. The first-order valence-electron chi connectivity index (χ1n) is 7.29. The SMILES string of the molecule is OC(Cc1c(Cl)cccc1Cl)C1CCCCCCC1. The van der Waals surface area contributed by atoms with Crippen LogP contribution in [0.2, 0.25) is 10.0 Å². The minimum atomic E-state index is -0.324. The van der Waals surface area contributed by atoms with Crippen molar-refractivity contribution in [2.75, 3.05) is 0 Å². The topological polar surface area (TPSA) is 20.2 Å². The summed E-state index contributed by atoms with van der Waals surface area (Å²) in [6, 6.07) is 5.53. The smallest absolute Gasteiger partial charge is 0.0609 e. The highest BCUT2D eigenvalue weighted by atomic mass is 35.5. The first-order valence-corrected chi connectivity index (χ1v) is 8.05. The van der Waals surface area contributed by atoms with Crippen LogP contribution in [-0.2, 0) is 6.42 Å². The van der Waals surface area contributed by atoms with Gasteiger partial charge in [0.1, 0.15) is 0 Å². The Hall–Kier alpha value is -0.240. The van der Waals surface area contributed by atoms with Crippen LogP contribution in [0, 0.1) is 5.92 Å². The number of aliphatic hydroxyl groups is 1. The molecule has 1 nitrogen and oxygen atoms in total.